The second kappa shape index (κ2) is 16.8. The van der Waals surface area contributed by atoms with E-state index in [0.717, 1.165) is 17.9 Å². The smallest absolute Gasteiger partial charge is 0.0547 e. The number of ether oxygens (including phenoxy) is 1. The van der Waals surface area contributed by atoms with Crippen LogP contribution in [0.1, 0.15) is 57.7 Å². The lowest BCUT2D eigenvalue weighted by molar-refractivity contribution is 0.0285. The molecule has 1 fully saturated rings. The van der Waals surface area contributed by atoms with Crippen molar-refractivity contribution in [3.63, 3.8) is 0 Å². The van der Waals surface area contributed by atoms with Crippen molar-refractivity contribution in [3.8, 4) is 0 Å². The molecule has 1 heterocycles. The molecule has 0 saturated carbocycles. The fourth-order valence-corrected chi connectivity index (χ4v) is 2.39. The molecule has 1 aliphatic rings. The first-order valence-electron chi connectivity index (χ1n) is 9.30. The highest BCUT2D eigenvalue weighted by Gasteiger charge is 2.05. The summed E-state index contributed by atoms with van der Waals surface area (Å²) in [6, 6.07) is 16.4. The Morgan fingerprint density at radius 3 is 1.71 bits per heavy atom. The van der Waals surface area contributed by atoms with Crippen molar-refractivity contribution >= 4 is 17.8 Å². The van der Waals surface area contributed by atoms with Gasteiger partial charge in [-0.1, -0.05) is 82.1 Å². The van der Waals surface area contributed by atoms with Crippen LogP contribution in [0.3, 0.4) is 0 Å². The average molecular weight is 384 g/mol. The molecule has 0 aliphatic carbocycles. The van der Waals surface area contributed by atoms with Gasteiger partial charge in [-0.2, -0.15) is 0 Å². The van der Waals surface area contributed by atoms with Crippen LogP contribution in [0.15, 0.2) is 61.7 Å². The molecule has 0 radical (unpaired) electrons. The monoisotopic (exact) mass is 383 g/mol. The Kier molecular flexibility index (Phi) is 16.8. The minimum absolute atomic E-state index is 0. The number of rotatable bonds is 3. The SMILES string of the molecule is C.C.C=Cc1ccc(C)cc1.C=Cc1ccc(NC)cc1.CC1CCCCO1. The fourth-order valence-electron chi connectivity index (χ4n) is 2.39. The summed E-state index contributed by atoms with van der Waals surface area (Å²) < 4.78 is 5.28. The van der Waals surface area contributed by atoms with Gasteiger partial charge in [0.25, 0.3) is 0 Å². The Morgan fingerprint density at radius 2 is 1.39 bits per heavy atom. The Morgan fingerprint density at radius 1 is 0.893 bits per heavy atom. The molecule has 1 saturated heterocycles. The molecule has 0 amide bonds. The van der Waals surface area contributed by atoms with Crippen LogP contribution in [-0.4, -0.2) is 19.8 Å². The van der Waals surface area contributed by atoms with Crippen LogP contribution in [-0.2, 0) is 4.74 Å². The molecule has 0 bridgehead atoms. The maximum atomic E-state index is 5.28. The van der Waals surface area contributed by atoms with Gasteiger partial charge in [-0.15, -0.1) is 0 Å². The van der Waals surface area contributed by atoms with Crippen molar-refractivity contribution in [2.24, 2.45) is 0 Å². The molecule has 2 aromatic rings. The summed E-state index contributed by atoms with van der Waals surface area (Å²) in [6.45, 7) is 12.5. The number of hydrogen-bond donors (Lipinski definition) is 1. The van der Waals surface area contributed by atoms with Crippen molar-refractivity contribution in [1.29, 1.82) is 0 Å². The summed E-state index contributed by atoms with van der Waals surface area (Å²) in [7, 11) is 1.91. The van der Waals surface area contributed by atoms with Crippen LogP contribution < -0.4 is 5.32 Å². The highest BCUT2D eigenvalue weighted by Crippen LogP contribution is 2.10. The van der Waals surface area contributed by atoms with Crippen molar-refractivity contribution in [2.45, 2.75) is 54.1 Å². The molecule has 2 nitrogen and oxygen atoms in total. The van der Waals surface area contributed by atoms with Gasteiger partial charge in [0.05, 0.1) is 6.10 Å². The van der Waals surface area contributed by atoms with Gasteiger partial charge >= 0.3 is 0 Å². The maximum Gasteiger partial charge on any atom is 0.0547 e. The zero-order valence-corrected chi connectivity index (χ0v) is 16.5. The normalized spacial score (nSPS) is 14.3. The second-order valence-corrected chi connectivity index (χ2v) is 6.37. The van der Waals surface area contributed by atoms with Crippen LogP contribution >= 0.6 is 0 Å². The van der Waals surface area contributed by atoms with Crippen molar-refractivity contribution in [3.05, 3.63) is 78.4 Å². The molecule has 1 unspecified atom stereocenters. The molecule has 1 N–H and O–H groups in total. The second-order valence-electron chi connectivity index (χ2n) is 6.37. The van der Waals surface area contributed by atoms with E-state index in [1.165, 1.54) is 30.4 Å². The van der Waals surface area contributed by atoms with E-state index >= 15 is 0 Å². The van der Waals surface area contributed by atoms with Crippen LogP contribution in [0, 0.1) is 6.92 Å². The van der Waals surface area contributed by atoms with Crippen molar-refractivity contribution in [2.75, 3.05) is 19.0 Å². The average Bonchev–Trinajstić information content (AvgIpc) is 2.70. The molecule has 2 aromatic carbocycles. The summed E-state index contributed by atoms with van der Waals surface area (Å²) in [5.41, 5.74) is 4.76. The topological polar surface area (TPSA) is 21.3 Å². The van der Waals surface area contributed by atoms with Gasteiger partial charge in [0.2, 0.25) is 0 Å². The summed E-state index contributed by atoms with van der Waals surface area (Å²) in [4.78, 5) is 0. The predicted octanol–water partition coefficient (Wildman–Crippen LogP) is 7.86. The first-order valence-corrected chi connectivity index (χ1v) is 9.30. The predicted molar refractivity (Wildman–Crippen MR) is 130 cm³/mol. The van der Waals surface area contributed by atoms with E-state index in [2.05, 4.69) is 56.6 Å². The van der Waals surface area contributed by atoms with Crippen molar-refractivity contribution in [1.82, 2.24) is 0 Å². The van der Waals surface area contributed by atoms with E-state index in [-0.39, 0.29) is 14.9 Å². The van der Waals surface area contributed by atoms with Gasteiger partial charge in [-0.3, -0.25) is 0 Å². The molecular formula is C26H41NO. The van der Waals surface area contributed by atoms with Crippen LogP contribution in [0.2, 0.25) is 0 Å². The van der Waals surface area contributed by atoms with Gasteiger partial charge in [-0.25, -0.2) is 0 Å². The van der Waals surface area contributed by atoms with Gasteiger partial charge < -0.3 is 10.1 Å². The Labute approximate surface area is 174 Å². The van der Waals surface area contributed by atoms with Gasteiger partial charge in [0, 0.05) is 19.3 Å². The highest BCUT2D eigenvalue weighted by molar-refractivity contribution is 5.53. The largest absolute Gasteiger partial charge is 0.388 e. The summed E-state index contributed by atoms with van der Waals surface area (Å²) in [6.07, 6.45) is 8.11. The van der Waals surface area contributed by atoms with E-state index < -0.39 is 0 Å². The van der Waals surface area contributed by atoms with E-state index in [0.29, 0.717) is 6.10 Å². The number of hydrogen-bond acceptors (Lipinski definition) is 2. The zero-order valence-electron chi connectivity index (χ0n) is 16.5. The minimum Gasteiger partial charge on any atom is -0.388 e. The summed E-state index contributed by atoms with van der Waals surface area (Å²) in [5, 5.41) is 3.04. The van der Waals surface area contributed by atoms with Crippen LogP contribution in [0.4, 0.5) is 5.69 Å². The standard InChI is InChI=1S/C9H11N.C9H10.C6H12O.2CH4/c1-3-8-4-6-9(10-2)7-5-8;1-3-9-6-4-8(2)5-7-9;1-6-4-2-3-5-7-6;;/h3-7,10H,1H2,2H3;3-7H,1H2,2H3;6H,2-5H2,1H3;2*1H4. The first-order chi connectivity index (χ1) is 12.6. The quantitative estimate of drug-likeness (QED) is 0.582. The molecule has 2 heteroatoms. The van der Waals surface area contributed by atoms with Gasteiger partial charge in [0.15, 0.2) is 0 Å². The number of benzene rings is 2. The number of aryl methyl sites for hydroxylation is 1. The third kappa shape index (κ3) is 12.1. The van der Waals surface area contributed by atoms with E-state index in [4.69, 9.17) is 4.74 Å². The maximum absolute atomic E-state index is 5.28. The lowest BCUT2D eigenvalue weighted by Crippen LogP contribution is -2.14. The Balaban J connectivity index is 0. The molecule has 3 rings (SSSR count). The highest BCUT2D eigenvalue weighted by atomic mass is 16.5. The Bertz CT molecular complexity index is 622. The molecule has 1 aliphatic heterocycles. The number of anilines is 1. The first kappa shape index (κ1) is 27.9. The Hall–Kier alpha value is -2.32. The molecule has 0 spiro atoms. The van der Waals surface area contributed by atoms with Gasteiger partial charge in [-0.05, 0) is 56.4 Å². The fraction of sp³-hybridized carbons (Fsp3) is 0.385. The zero-order chi connectivity index (χ0) is 19.2. The lowest BCUT2D eigenvalue weighted by atomic mass is 10.1. The van der Waals surface area contributed by atoms with Crippen molar-refractivity contribution < 1.29 is 4.74 Å². The summed E-state index contributed by atoms with van der Waals surface area (Å²) in [5.74, 6) is 0. The van der Waals surface area contributed by atoms with Crippen LogP contribution in [0.25, 0.3) is 12.2 Å². The third-order valence-electron chi connectivity index (χ3n) is 4.16. The molecule has 1 atom stereocenters. The molecule has 0 aromatic heterocycles. The summed E-state index contributed by atoms with van der Waals surface area (Å²) >= 11 is 0. The van der Waals surface area contributed by atoms with E-state index in [9.17, 15) is 0 Å². The molecule has 28 heavy (non-hydrogen) atoms. The molecule has 156 valence electrons. The van der Waals surface area contributed by atoms with E-state index in [1.54, 1.807) is 0 Å². The lowest BCUT2D eigenvalue weighted by Gasteiger charge is -2.17. The van der Waals surface area contributed by atoms with Gasteiger partial charge in [0.1, 0.15) is 0 Å². The van der Waals surface area contributed by atoms with E-state index in [1.807, 2.05) is 43.5 Å². The minimum atomic E-state index is 0. The number of nitrogens with one attached hydrogen (secondary N) is 1. The van der Waals surface area contributed by atoms with Crippen LogP contribution in [0.5, 0.6) is 0 Å². The molecular weight excluding hydrogens is 342 g/mol. The third-order valence-corrected chi connectivity index (χ3v) is 4.16.